The van der Waals surface area contributed by atoms with Gasteiger partial charge in [0.2, 0.25) is 0 Å². The van der Waals surface area contributed by atoms with Crippen molar-refractivity contribution in [3.8, 4) is 0 Å². The summed E-state index contributed by atoms with van der Waals surface area (Å²) in [4.78, 5) is 34.6. The zero-order valence-corrected chi connectivity index (χ0v) is 9.40. The average molecular weight is 241 g/mol. The van der Waals surface area contributed by atoms with Crippen molar-refractivity contribution in [2.75, 3.05) is 32.8 Å². The molecule has 1 rings (SSSR count). The molecule has 0 aromatic heterocycles. The number of nitrogens with zero attached hydrogens (tertiary/aromatic N) is 1. The maximum absolute atomic E-state index is 11.2. The van der Waals surface area contributed by atoms with E-state index in [1.165, 1.54) is 0 Å². The molecule has 1 aliphatic rings. The molecule has 94 valence electrons. The summed E-state index contributed by atoms with van der Waals surface area (Å²) in [6, 6.07) is -0.127. The lowest BCUT2D eigenvalue weighted by atomic mass is 10.5. The highest BCUT2D eigenvalue weighted by atomic mass is 16.5. The molecule has 1 saturated heterocycles. The smallest absolute Gasteiger partial charge is 0.330 e. The molecule has 1 fully saturated rings. The van der Waals surface area contributed by atoms with E-state index in [1.54, 1.807) is 4.90 Å². The SMILES string of the molecule is C=CC(=O)OCC(=O)NCCN1CCNC1=O. The van der Waals surface area contributed by atoms with Gasteiger partial charge in [-0.1, -0.05) is 6.58 Å². The van der Waals surface area contributed by atoms with Gasteiger partial charge in [-0.05, 0) is 0 Å². The quantitative estimate of drug-likeness (QED) is 0.454. The number of amides is 3. The van der Waals surface area contributed by atoms with Crippen LogP contribution >= 0.6 is 0 Å². The first-order chi connectivity index (χ1) is 8.13. The van der Waals surface area contributed by atoms with Crippen LogP contribution < -0.4 is 10.6 Å². The highest BCUT2D eigenvalue weighted by Crippen LogP contribution is 1.94. The number of urea groups is 1. The predicted molar refractivity (Wildman–Crippen MR) is 59.1 cm³/mol. The van der Waals surface area contributed by atoms with Crippen LogP contribution in [0, 0.1) is 0 Å². The molecular formula is C10H15N3O4. The molecule has 0 aliphatic carbocycles. The summed E-state index contributed by atoms with van der Waals surface area (Å²) in [5.41, 5.74) is 0. The lowest BCUT2D eigenvalue weighted by molar-refractivity contribution is -0.143. The van der Waals surface area contributed by atoms with Crippen molar-refractivity contribution in [2.24, 2.45) is 0 Å². The van der Waals surface area contributed by atoms with Gasteiger partial charge in [0.05, 0.1) is 0 Å². The van der Waals surface area contributed by atoms with Gasteiger partial charge >= 0.3 is 12.0 Å². The molecule has 17 heavy (non-hydrogen) atoms. The molecule has 1 aliphatic heterocycles. The highest BCUT2D eigenvalue weighted by molar-refractivity contribution is 5.85. The monoisotopic (exact) mass is 241 g/mol. The Kier molecular flexibility index (Phi) is 4.99. The topological polar surface area (TPSA) is 87.7 Å². The number of hydrogen-bond donors (Lipinski definition) is 2. The molecule has 0 aromatic carbocycles. The van der Waals surface area contributed by atoms with Gasteiger partial charge in [0.15, 0.2) is 6.61 Å². The molecular weight excluding hydrogens is 226 g/mol. The lowest BCUT2D eigenvalue weighted by Gasteiger charge is -2.14. The van der Waals surface area contributed by atoms with Crippen molar-refractivity contribution in [3.63, 3.8) is 0 Å². The fourth-order valence-corrected chi connectivity index (χ4v) is 1.30. The van der Waals surface area contributed by atoms with Crippen molar-refractivity contribution < 1.29 is 19.1 Å². The van der Waals surface area contributed by atoms with E-state index in [4.69, 9.17) is 0 Å². The molecule has 0 spiro atoms. The van der Waals surface area contributed by atoms with Crippen molar-refractivity contribution in [2.45, 2.75) is 0 Å². The van der Waals surface area contributed by atoms with E-state index < -0.39 is 11.9 Å². The number of rotatable bonds is 6. The van der Waals surface area contributed by atoms with Crippen molar-refractivity contribution >= 4 is 17.9 Å². The van der Waals surface area contributed by atoms with Crippen LogP contribution in [0.2, 0.25) is 0 Å². The summed E-state index contributed by atoms with van der Waals surface area (Å²) in [6.07, 6.45) is 0.988. The average Bonchev–Trinajstić information content (AvgIpc) is 2.72. The summed E-state index contributed by atoms with van der Waals surface area (Å²) in [7, 11) is 0. The molecule has 0 atom stereocenters. The van der Waals surface area contributed by atoms with Gasteiger partial charge in [0, 0.05) is 32.3 Å². The van der Waals surface area contributed by atoms with Crippen LogP contribution in [0.15, 0.2) is 12.7 Å². The third-order valence-corrected chi connectivity index (χ3v) is 2.16. The maximum Gasteiger partial charge on any atom is 0.330 e. The minimum atomic E-state index is -0.640. The maximum atomic E-state index is 11.2. The molecule has 0 bridgehead atoms. The van der Waals surface area contributed by atoms with Crippen LogP contribution in [0.1, 0.15) is 0 Å². The second-order valence-electron chi connectivity index (χ2n) is 3.38. The van der Waals surface area contributed by atoms with Gasteiger partial charge in [0.25, 0.3) is 5.91 Å². The molecule has 7 heteroatoms. The zero-order valence-electron chi connectivity index (χ0n) is 9.40. The summed E-state index contributed by atoms with van der Waals surface area (Å²) in [6.45, 7) is 4.90. The number of carbonyl (C=O) groups excluding carboxylic acids is 3. The Morgan fingerprint density at radius 2 is 2.35 bits per heavy atom. The number of carbonyl (C=O) groups is 3. The van der Waals surface area contributed by atoms with Crippen LogP contribution in [0.5, 0.6) is 0 Å². The fourth-order valence-electron chi connectivity index (χ4n) is 1.30. The third-order valence-electron chi connectivity index (χ3n) is 2.16. The van der Waals surface area contributed by atoms with E-state index in [9.17, 15) is 14.4 Å². The Labute approximate surface area is 98.8 Å². The summed E-state index contributed by atoms with van der Waals surface area (Å²) in [5, 5.41) is 5.19. The van der Waals surface area contributed by atoms with Gasteiger partial charge in [-0.2, -0.15) is 0 Å². The van der Waals surface area contributed by atoms with Crippen molar-refractivity contribution in [1.82, 2.24) is 15.5 Å². The van der Waals surface area contributed by atoms with Crippen LogP contribution in [-0.2, 0) is 14.3 Å². The second kappa shape index (κ2) is 6.51. The van der Waals surface area contributed by atoms with Gasteiger partial charge in [-0.15, -0.1) is 0 Å². The standard InChI is InChI=1S/C10H15N3O4/c1-2-9(15)17-7-8(14)11-3-5-13-6-4-12-10(13)16/h2H,1,3-7H2,(H,11,14)(H,12,16). The van der Waals surface area contributed by atoms with E-state index >= 15 is 0 Å². The van der Waals surface area contributed by atoms with Gasteiger partial charge in [-0.25, -0.2) is 9.59 Å². The Morgan fingerprint density at radius 1 is 1.59 bits per heavy atom. The summed E-state index contributed by atoms with van der Waals surface area (Å²) in [5.74, 6) is -1.04. The number of esters is 1. The van der Waals surface area contributed by atoms with E-state index in [0.29, 0.717) is 26.2 Å². The zero-order chi connectivity index (χ0) is 12.7. The predicted octanol–water partition coefficient (Wildman–Crippen LogP) is -1.14. The molecule has 1 heterocycles. The minimum Gasteiger partial charge on any atom is -0.452 e. The molecule has 0 unspecified atom stereocenters. The van der Waals surface area contributed by atoms with Crippen LogP contribution in [0.25, 0.3) is 0 Å². The molecule has 3 amide bonds. The normalized spacial score (nSPS) is 14.1. The first-order valence-corrected chi connectivity index (χ1v) is 5.22. The first-order valence-electron chi connectivity index (χ1n) is 5.22. The van der Waals surface area contributed by atoms with E-state index in [0.717, 1.165) is 6.08 Å². The molecule has 0 radical (unpaired) electrons. The summed E-state index contributed by atoms with van der Waals surface area (Å²) >= 11 is 0. The van der Waals surface area contributed by atoms with Crippen LogP contribution in [-0.4, -0.2) is 55.6 Å². The van der Waals surface area contributed by atoms with Crippen LogP contribution in [0.3, 0.4) is 0 Å². The molecule has 0 aromatic rings. The van der Waals surface area contributed by atoms with Gasteiger partial charge in [0.1, 0.15) is 0 Å². The highest BCUT2D eigenvalue weighted by Gasteiger charge is 2.18. The Morgan fingerprint density at radius 3 is 2.94 bits per heavy atom. The number of ether oxygens (including phenoxy) is 1. The Bertz CT molecular complexity index is 330. The lowest BCUT2D eigenvalue weighted by Crippen LogP contribution is -2.38. The Hall–Kier alpha value is -2.05. The molecule has 0 saturated carbocycles. The molecule has 7 nitrogen and oxygen atoms in total. The second-order valence-corrected chi connectivity index (χ2v) is 3.38. The van der Waals surface area contributed by atoms with Crippen LogP contribution in [0.4, 0.5) is 4.79 Å². The molecule has 2 N–H and O–H groups in total. The summed E-state index contributed by atoms with van der Waals surface area (Å²) < 4.78 is 4.53. The first kappa shape index (κ1) is 13.0. The Balaban J connectivity index is 2.09. The van der Waals surface area contributed by atoms with E-state index in [2.05, 4.69) is 21.9 Å². The fraction of sp³-hybridized carbons (Fsp3) is 0.500. The van der Waals surface area contributed by atoms with E-state index in [-0.39, 0.29) is 12.6 Å². The van der Waals surface area contributed by atoms with E-state index in [1.807, 2.05) is 0 Å². The minimum absolute atomic E-state index is 0.127. The third kappa shape index (κ3) is 4.54. The number of nitrogens with one attached hydrogen (secondary N) is 2. The number of hydrogen-bond acceptors (Lipinski definition) is 4. The largest absolute Gasteiger partial charge is 0.452 e. The van der Waals surface area contributed by atoms with Gasteiger partial charge < -0.3 is 20.3 Å². The van der Waals surface area contributed by atoms with Gasteiger partial charge in [-0.3, -0.25) is 4.79 Å². The van der Waals surface area contributed by atoms with Crippen molar-refractivity contribution in [3.05, 3.63) is 12.7 Å². The van der Waals surface area contributed by atoms with Crippen molar-refractivity contribution in [1.29, 1.82) is 0 Å².